The Balaban J connectivity index is 2.36. The van der Waals surface area contributed by atoms with Crippen LogP contribution in [0.25, 0.3) is 11.4 Å². The molecular formula is C11H10F2N2O2. The zero-order valence-electron chi connectivity index (χ0n) is 8.73. The van der Waals surface area contributed by atoms with Crippen molar-refractivity contribution in [3.05, 3.63) is 36.2 Å². The fraction of sp³-hybridized carbons (Fsp3) is 0.182. The van der Waals surface area contributed by atoms with Crippen LogP contribution in [0, 0.1) is 0 Å². The molecule has 17 heavy (non-hydrogen) atoms. The number of benzene rings is 1. The molecule has 0 radical (unpaired) electrons. The highest BCUT2D eigenvalue weighted by atomic mass is 19.3. The molecule has 0 amide bonds. The first-order chi connectivity index (χ1) is 8.20. The minimum Gasteiger partial charge on any atom is -0.434 e. The number of aromatic nitrogens is 2. The van der Waals surface area contributed by atoms with Gasteiger partial charge >= 0.3 is 6.61 Å². The normalized spacial score (nSPS) is 10.8. The highest BCUT2D eigenvalue weighted by molar-refractivity contribution is 5.64. The Morgan fingerprint density at radius 2 is 2.12 bits per heavy atom. The number of nitrogens with one attached hydrogen (secondary N) is 1. The summed E-state index contributed by atoms with van der Waals surface area (Å²) >= 11 is 0. The van der Waals surface area contributed by atoms with Crippen LogP contribution in [-0.2, 0) is 6.61 Å². The summed E-state index contributed by atoms with van der Waals surface area (Å²) in [5, 5.41) is 8.89. The van der Waals surface area contributed by atoms with Gasteiger partial charge in [0.1, 0.15) is 11.6 Å². The minimum absolute atomic E-state index is 0.0429. The Labute approximate surface area is 95.9 Å². The number of H-pyrrole nitrogens is 1. The van der Waals surface area contributed by atoms with Gasteiger partial charge in [-0.25, -0.2) is 4.98 Å². The molecule has 2 N–H and O–H groups in total. The fourth-order valence-electron chi connectivity index (χ4n) is 1.44. The quantitative estimate of drug-likeness (QED) is 0.861. The predicted octanol–water partition coefficient (Wildman–Crippen LogP) is 2.17. The molecule has 90 valence electrons. The number of ether oxygens (including phenoxy) is 1. The smallest absolute Gasteiger partial charge is 0.387 e. The summed E-state index contributed by atoms with van der Waals surface area (Å²) in [6.45, 7) is -3.08. The van der Waals surface area contributed by atoms with E-state index in [1.807, 2.05) is 0 Å². The van der Waals surface area contributed by atoms with Crippen molar-refractivity contribution in [1.82, 2.24) is 9.97 Å². The van der Waals surface area contributed by atoms with Gasteiger partial charge in [0.15, 0.2) is 0 Å². The number of rotatable bonds is 4. The lowest BCUT2D eigenvalue weighted by Gasteiger charge is -2.08. The summed E-state index contributed by atoms with van der Waals surface area (Å²) in [4.78, 5) is 6.79. The number of hydrogen-bond acceptors (Lipinski definition) is 3. The minimum atomic E-state index is -2.89. The number of imidazole rings is 1. The van der Waals surface area contributed by atoms with Crippen molar-refractivity contribution in [2.75, 3.05) is 0 Å². The highest BCUT2D eigenvalue weighted by Crippen LogP contribution is 2.28. The van der Waals surface area contributed by atoms with Gasteiger partial charge in [0.25, 0.3) is 0 Å². The number of aliphatic hydroxyl groups is 1. The van der Waals surface area contributed by atoms with Crippen LogP contribution in [0.3, 0.4) is 0 Å². The predicted molar refractivity (Wildman–Crippen MR) is 56.6 cm³/mol. The van der Waals surface area contributed by atoms with Crippen LogP contribution in [0.1, 0.15) is 5.69 Å². The Kier molecular flexibility index (Phi) is 3.34. The molecule has 0 bridgehead atoms. The van der Waals surface area contributed by atoms with Gasteiger partial charge in [0, 0.05) is 0 Å². The van der Waals surface area contributed by atoms with Gasteiger partial charge in [-0.05, 0) is 12.1 Å². The average Bonchev–Trinajstić information content (AvgIpc) is 2.77. The first-order valence-electron chi connectivity index (χ1n) is 4.89. The van der Waals surface area contributed by atoms with Crippen LogP contribution in [0.15, 0.2) is 30.5 Å². The Morgan fingerprint density at radius 3 is 2.76 bits per heavy atom. The molecule has 4 nitrogen and oxygen atoms in total. The van der Waals surface area contributed by atoms with Gasteiger partial charge in [-0.2, -0.15) is 8.78 Å². The molecule has 0 fully saturated rings. The molecule has 0 unspecified atom stereocenters. The number of nitrogens with zero attached hydrogens (tertiary/aromatic N) is 1. The Bertz CT molecular complexity index is 500. The molecule has 0 atom stereocenters. The van der Waals surface area contributed by atoms with Crippen molar-refractivity contribution < 1.29 is 18.6 Å². The van der Waals surface area contributed by atoms with E-state index in [1.165, 1.54) is 12.3 Å². The van der Waals surface area contributed by atoms with Crippen LogP contribution in [-0.4, -0.2) is 21.7 Å². The van der Waals surface area contributed by atoms with Crippen LogP contribution in [0.5, 0.6) is 5.75 Å². The second-order valence-corrected chi connectivity index (χ2v) is 3.29. The van der Waals surface area contributed by atoms with E-state index < -0.39 is 6.61 Å². The lowest BCUT2D eigenvalue weighted by molar-refractivity contribution is -0.0494. The van der Waals surface area contributed by atoms with E-state index in [0.717, 1.165) is 0 Å². The van der Waals surface area contributed by atoms with Gasteiger partial charge in [-0.3, -0.25) is 0 Å². The first-order valence-corrected chi connectivity index (χ1v) is 4.89. The van der Waals surface area contributed by atoms with Crippen molar-refractivity contribution in [2.45, 2.75) is 13.2 Å². The number of aliphatic hydroxyl groups excluding tert-OH is 1. The second kappa shape index (κ2) is 4.92. The molecule has 0 spiro atoms. The molecule has 2 rings (SSSR count). The summed E-state index contributed by atoms with van der Waals surface area (Å²) < 4.78 is 28.8. The van der Waals surface area contributed by atoms with Gasteiger partial charge in [-0.1, -0.05) is 12.1 Å². The summed E-state index contributed by atoms with van der Waals surface area (Å²) in [5.41, 5.74) is 0.930. The highest BCUT2D eigenvalue weighted by Gasteiger charge is 2.12. The third-order valence-corrected chi connectivity index (χ3v) is 2.16. The molecule has 2 aromatic rings. The van der Waals surface area contributed by atoms with E-state index in [1.54, 1.807) is 18.2 Å². The summed E-state index contributed by atoms with van der Waals surface area (Å²) in [6, 6.07) is 6.33. The maximum Gasteiger partial charge on any atom is 0.387 e. The van der Waals surface area contributed by atoms with Gasteiger partial charge in [-0.15, -0.1) is 0 Å². The molecular weight excluding hydrogens is 230 g/mol. The summed E-state index contributed by atoms with van der Waals surface area (Å²) in [6.07, 6.45) is 1.44. The number of para-hydroxylation sites is 1. The van der Waals surface area contributed by atoms with Crippen molar-refractivity contribution in [3.63, 3.8) is 0 Å². The largest absolute Gasteiger partial charge is 0.434 e. The van der Waals surface area contributed by atoms with Gasteiger partial charge in [0.2, 0.25) is 0 Å². The Morgan fingerprint density at radius 1 is 1.35 bits per heavy atom. The fourth-order valence-corrected chi connectivity index (χ4v) is 1.44. The van der Waals surface area contributed by atoms with E-state index in [9.17, 15) is 8.78 Å². The van der Waals surface area contributed by atoms with Crippen LogP contribution in [0.4, 0.5) is 8.78 Å². The van der Waals surface area contributed by atoms with Gasteiger partial charge < -0.3 is 14.8 Å². The lowest BCUT2D eigenvalue weighted by atomic mass is 10.2. The summed E-state index contributed by atoms with van der Waals surface area (Å²) in [7, 11) is 0. The van der Waals surface area contributed by atoms with E-state index in [2.05, 4.69) is 14.7 Å². The lowest BCUT2D eigenvalue weighted by Crippen LogP contribution is -2.03. The number of halogens is 2. The second-order valence-electron chi connectivity index (χ2n) is 3.29. The average molecular weight is 240 g/mol. The maximum absolute atomic E-state index is 12.2. The molecule has 0 aliphatic heterocycles. The SMILES string of the molecule is OCc1cnc(-c2ccccc2OC(F)F)[nH]1. The van der Waals surface area contributed by atoms with Crippen LogP contribution >= 0.6 is 0 Å². The standard InChI is InChI=1S/C11H10F2N2O2/c12-11(13)17-9-4-2-1-3-8(9)10-14-5-7(6-16)15-10/h1-5,11,16H,6H2,(H,14,15). The first kappa shape index (κ1) is 11.5. The molecule has 6 heteroatoms. The number of aromatic amines is 1. The molecule has 1 aromatic heterocycles. The molecule has 0 saturated heterocycles. The molecule has 0 aliphatic carbocycles. The van der Waals surface area contributed by atoms with E-state index >= 15 is 0 Å². The zero-order chi connectivity index (χ0) is 12.3. The molecule has 1 aromatic carbocycles. The van der Waals surface area contributed by atoms with Crippen LogP contribution in [0.2, 0.25) is 0 Å². The van der Waals surface area contributed by atoms with E-state index in [0.29, 0.717) is 17.1 Å². The summed E-state index contributed by atoms with van der Waals surface area (Å²) in [5.74, 6) is 0.423. The Hall–Kier alpha value is -1.95. The molecule has 1 heterocycles. The van der Waals surface area contributed by atoms with Crippen molar-refractivity contribution >= 4 is 0 Å². The molecule has 0 saturated carbocycles. The van der Waals surface area contributed by atoms with Gasteiger partial charge in [0.05, 0.1) is 24.1 Å². The topological polar surface area (TPSA) is 58.1 Å². The van der Waals surface area contributed by atoms with E-state index in [-0.39, 0.29) is 12.4 Å². The number of alkyl halides is 2. The maximum atomic E-state index is 12.2. The van der Waals surface area contributed by atoms with Crippen molar-refractivity contribution in [3.8, 4) is 17.1 Å². The van der Waals surface area contributed by atoms with Crippen molar-refractivity contribution in [1.29, 1.82) is 0 Å². The number of hydrogen-bond donors (Lipinski definition) is 2. The third kappa shape index (κ3) is 2.59. The van der Waals surface area contributed by atoms with E-state index in [4.69, 9.17) is 5.11 Å². The third-order valence-electron chi connectivity index (χ3n) is 2.16. The zero-order valence-corrected chi connectivity index (χ0v) is 8.73. The van der Waals surface area contributed by atoms with Crippen molar-refractivity contribution in [2.24, 2.45) is 0 Å². The van der Waals surface area contributed by atoms with Crippen LogP contribution < -0.4 is 4.74 Å². The molecule has 0 aliphatic rings. The monoisotopic (exact) mass is 240 g/mol.